The maximum Gasteiger partial charge on any atom is 0.258 e. The predicted molar refractivity (Wildman–Crippen MR) is 119 cm³/mol. The number of hydrogen-bond acceptors (Lipinski definition) is 4. The molecule has 0 bridgehead atoms. The molecule has 1 aliphatic heterocycles. The van der Waals surface area contributed by atoms with Gasteiger partial charge in [-0.3, -0.25) is 9.69 Å². The van der Waals surface area contributed by atoms with Gasteiger partial charge in [-0.15, -0.1) is 0 Å². The van der Waals surface area contributed by atoms with E-state index in [4.69, 9.17) is 9.47 Å². The van der Waals surface area contributed by atoms with Crippen molar-refractivity contribution in [2.75, 3.05) is 39.5 Å². The van der Waals surface area contributed by atoms with Gasteiger partial charge in [-0.25, -0.2) is 0 Å². The SMILES string of the molecule is Cc1ccc(OCC(=O)NCC(c2cccc3ccccc23)N2CCOCC2)cc1. The summed E-state index contributed by atoms with van der Waals surface area (Å²) >= 11 is 0. The van der Waals surface area contributed by atoms with Crippen molar-refractivity contribution in [3.63, 3.8) is 0 Å². The van der Waals surface area contributed by atoms with Crippen LogP contribution in [0.3, 0.4) is 0 Å². The summed E-state index contributed by atoms with van der Waals surface area (Å²) in [5, 5.41) is 5.51. The summed E-state index contributed by atoms with van der Waals surface area (Å²) in [6.45, 7) is 5.69. The van der Waals surface area contributed by atoms with E-state index in [0.29, 0.717) is 25.5 Å². The highest BCUT2D eigenvalue weighted by Gasteiger charge is 2.24. The molecule has 3 aromatic carbocycles. The number of ether oxygens (including phenoxy) is 2. The summed E-state index contributed by atoms with van der Waals surface area (Å²) in [5.41, 5.74) is 2.39. The van der Waals surface area contributed by atoms with Gasteiger partial charge in [0.25, 0.3) is 5.91 Å². The maximum atomic E-state index is 12.5. The maximum absolute atomic E-state index is 12.5. The monoisotopic (exact) mass is 404 g/mol. The fourth-order valence-electron chi connectivity index (χ4n) is 3.91. The molecule has 0 aromatic heterocycles. The molecule has 30 heavy (non-hydrogen) atoms. The zero-order chi connectivity index (χ0) is 20.8. The third-order valence-electron chi connectivity index (χ3n) is 5.55. The lowest BCUT2D eigenvalue weighted by Crippen LogP contribution is -2.44. The molecule has 156 valence electrons. The van der Waals surface area contributed by atoms with E-state index in [1.807, 2.05) is 31.2 Å². The fraction of sp³-hybridized carbons (Fsp3) is 0.320. The van der Waals surface area contributed by atoms with Crippen LogP contribution in [0.1, 0.15) is 17.2 Å². The van der Waals surface area contributed by atoms with E-state index in [2.05, 4.69) is 52.7 Å². The number of nitrogens with one attached hydrogen (secondary N) is 1. The van der Waals surface area contributed by atoms with E-state index in [0.717, 1.165) is 18.7 Å². The second-order valence-corrected chi connectivity index (χ2v) is 7.64. The van der Waals surface area contributed by atoms with E-state index < -0.39 is 0 Å². The molecule has 1 fully saturated rings. The summed E-state index contributed by atoms with van der Waals surface area (Å²) in [6, 6.07) is 22.6. The van der Waals surface area contributed by atoms with Crippen LogP contribution >= 0.6 is 0 Å². The lowest BCUT2D eigenvalue weighted by Gasteiger charge is -2.35. The Morgan fingerprint density at radius 2 is 1.77 bits per heavy atom. The molecule has 3 aromatic rings. The normalized spacial score (nSPS) is 15.6. The van der Waals surface area contributed by atoms with Gasteiger partial charge in [0.05, 0.1) is 19.3 Å². The van der Waals surface area contributed by atoms with Crippen LogP contribution in [0.2, 0.25) is 0 Å². The highest BCUT2D eigenvalue weighted by atomic mass is 16.5. The predicted octanol–water partition coefficient (Wildman–Crippen LogP) is 3.72. The van der Waals surface area contributed by atoms with Crippen LogP contribution in [0.5, 0.6) is 5.75 Å². The van der Waals surface area contributed by atoms with Gasteiger partial charge in [0, 0.05) is 19.6 Å². The lowest BCUT2D eigenvalue weighted by molar-refractivity contribution is -0.123. The van der Waals surface area contributed by atoms with Crippen molar-refractivity contribution >= 4 is 16.7 Å². The Labute approximate surface area is 177 Å². The quantitative estimate of drug-likeness (QED) is 0.652. The molecule has 0 spiro atoms. The summed E-state index contributed by atoms with van der Waals surface area (Å²) in [5.74, 6) is 0.587. The molecule has 1 atom stereocenters. The van der Waals surface area contributed by atoms with Gasteiger partial charge in [-0.1, -0.05) is 60.2 Å². The number of morpholine rings is 1. The van der Waals surface area contributed by atoms with Crippen LogP contribution in [-0.2, 0) is 9.53 Å². The van der Waals surface area contributed by atoms with Crippen LogP contribution in [0.4, 0.5) is 0 Å². The molecule has 1 unspecified atom stereocenters. The van der Waals surface area contributed by atoms with E-state index in [1.165, 1.54) is 16.3 Å². The molecule has 0 saturated carbocycles. The van der Waals surface area contributed by atoms with Crippen LogP contribution in [0.25, 0.3) is 10.8 Å². The molecule has 1 aliphatic rings. The third-order valence-corrected chi connectivity index (χ3v) is 5.55. The fourth-order valence-corrected chi connectivity index (χ4v) is 3.91. The first-order valence-corrected chi connectivity index (χ1v) is 10.5. The average molecular weight is 405 g/mol. The Kier molecular flexibility index (Phi) is 6.62. The minimum Gasteiger partial charge on any atom is -0.484 e. The molecule has 5 heteroatoms. The van der Waals surface area contributed by atoms with Crippen molar-refractivity contribution in [1.82, 2.24) is 10.2 Å². The molecule has 1 heterocycles. The standard InChI is InChI=1S/C25H28N2O3/c1-19-9-11-21(12-10-19)30-18-25(28)26-17-24(27-13-15-29-16-14-27)23-8-4-6-20-5-2-3-7-22(20)23/h2-12,24H,13-18H2,1H3,(H,26,28). The second-order valence-electron chi connectivity index (χ2n) is 7.64. The lowest BCUT2D eigenvalue weighted by atomic mass is 9.97. The van der Waals surface area contributed by atoms with Crippen molar-refractivity contribution in [3.8, 4) is 5.75 Å². The van der Waals surface area contributed by atoms with Crippen molar-refractivity contribution in [3.05, 3.63) is 77.9 Å². The van der Waals surface area contributed by atoms with Crippen molar-refractivity contribution in [1.29, 1.82) is 0 Å². The summed E-state index contributed by atoms with van der Waals surface area (Å²) < 4.78 is 11.2. The molecule has 1 saturated heterocycles. The van der Waals surface area contributed by atoms with Crippen molar-refractivity contribution < 1.29 is 14.3 Å². The van der Waals surface area contributed by atoms with Crippen LogP contribution < -0.4 is 10.1 Å². The number of amides is 1. The first-order chi connectivity index (χ1) is 14.7. The summed E-state index contributed by atoms with van der Waals surface area (Å²) in [6.07, 6.45) is 0. The molecule has 0 aliphatic carbocycles. The van der Waals surface area contributed by atoms with Gasteiger partial charge >= 0.3 is 0 Å². The first-order valence-electron chi connectivity index (χ1n) is 10.5. The molecular formula is C25H28N2O3. The second kappa shape index (κ2) is 9.74. The van der Waals surface area contributed by atoms with Crippen LogP contribution in [-0.4, -0.2) is 50.3 Å². The van der Waals surface area contributed by atoms with Crippen molar-refractivity contribution in [2.45, 2.75) is 13.0 Å². The highest BCUT2D eigenvalue weighted by molar-refractivity contribution is 5.86. The van der Waals surface area contributed by atoms with Gasteiger partial charge in [0.15, 0.2) is 6.61 Å². The number of carbonyl (C=O) groups excluding carboxylic acids is 1. The molecular weight excluding hydrogens is 376 g/mol. The number of nitrogens with zero attached hydrogens (tertiary/aromatic N) is 1. The molecule has 1 amide bonds. The van der Waals surface area contributed by atoms with Gasteiger partial charge in [-0.05, 0) is 35.4 Å². The molecule has 0 radical (unpaired) electrons. The smallest absolute Gasteiger partial charge is 0.258 e. The Hall–Kier alpha value is -2.89. The molecule has 4 rings (SSSR count). The molecule has 1 N–H and O–H groups in total. The van der Waals surface area contributed by atoms with E-state index in [-0.39, 0.29) is 18.6 Å². The zero-order valence-corrected chi connectivity index (χ0v) is 17.3. The Bertz CT molecular complexity index is 976. The van der Waals surface area contributed by atoms with Crippen LogP contribution in [0, 0.1) is 6.92 Å². The Balaban J connectivity index is 1.46. The minimum atomic E-state index is -0.117. The molecule has 5 nitrogen and oxygen atoms in total. The number of carbonyl (C=O) groups is 1. The Morgan fingerprint density at radius 3 is 2.57 bits per heavy atom. The third kappa shape index (κ3) is 4.99. The van der Waals surface area contributed by atoms with Gasteiger partial charge in [0.1, 0.15) is 5.75 Å². The number of hydrogen-bond donors (Lipinski definition) is 1. The van der Waals surface area contributed by atoms with Gasteiger partial charge < -0.3 is 14.8 Å². The van der Waals surface area contributed by atoms with Gasteiger partial charge in [-0.2, -0.15) is 0 Å². The minimum absolute atomic E-state index is 0.00836. The first kappa shape index (κ1) is 20.4. The van der Waals surface area contributed by atoms with Crippen molar-refractivity contribution in [2.24, 2.45) is 0 Å². The van der Waals surface area contributed by atoms with E-state index in [9.17, 15) is 4.79 Å². The zero-order valence-electron chi connectivity index (χ0n) is 17.3. The number of fused-ring (bicyclic) bond motifs is 1. The number of aryl methyl sites for hydroxylation is 1. The number of benzene rings is 3. The van der Waals surface area contributed by atoms with E-state index in [1.54, 1.807) is 0 Å². The number of rotatable bonds is 7. The largest absolute Gasteiger partial charge is 0.484 e. The van der Waals surface area contributed by atoms with Gasteiger partial charge in [0.2, 0.25) is 0 Å². The summed E-state index contributed by atoms with van der Waals surface area (Å²) in [4.78, 5) is 14.9. The van der Waals surface area contributed by atoms with Crippen LogP contribution in [0.15, 0.2) is 66.7 Å². The highest BCUT2D eigenvalue weighted by Crippen LogP contribution is 2.28. The topological polar surface area (TPSA) is 50.8 Å². The average Bonchev–Trinajstić information content (AvgIpc) is 2.79. The summed E-state index contributed by atoms with van der Waals surface area (Å²) in [7, 11) is 0. The Morgan fingerprint density at radius 1 is 1.03 bits per heavy atom. The van der Waals surface area contributed by atoms with E-state index >= 15 is 0 Å².